The number of nitrogens with zero attached hydrogens (tertiary/aromatic N) is 1. The Balaban J connectivity index is 0.000000491. The molecule has 0 aliphatic heterocycles. The number of hydrogen-bond donors (Lipinski definition) is 1. The van der Waals surface area contributed by atoms with E-state index in [1.807, 2.05) is 50.5 Å². The molecule has 0 saturated heterocycles. The molecule has 0 saturated carbocycles. The molecule has 0 unspecified atom stereocenters. The number of fused-ring (bicyclic) bond motifs is 1. The maximum Gasteiger partial charge on any atom is 0.673 e. The van der Waals surface area contributed by atoms with Crippen LogP contribution in [0.1, 0.15) is 0 Å². The third kappa shape index (κ3) is 6.47. The van der Waals surface area contributed by atoms with E-state index in [1.165, 1.54) is 5.69 Å². The minimum absolute atomic E-state index is 0.844. The maximum absolute atomic E-state index is 9.75. The second kappa shape index (κ2) is 9.51. The van der Waals surface area contributed by atoms with Crippen molar-refractivity contribution in [2.45, 2.75) is 0 Å². The first-order chi connectivity index (χ1) is 14.7. The van der Waals surface area contributed by atoms with E-state index in [1.54, 1.807) is 0 Å². The van der Waals surface area contributed by atoms with Gasteiger partial charge in [-0.3, -0.25) is 0 Å². The molecular formula is C23H21BF4N2O. The largest absolute Gasteiger partial charge is 0.673 e. The second-order valence-electron chi connectivity index (χ2n) is 6.95. The predicted molar refractivity (Wildman–Crippen MR) is 116 cm³/mol. The van der Waals surface area contributed by atoms with E-state index in [4.69, 9.17) is 4.42 Å². The number of hydrogen-bond acceptors (Lipinski definition) is 2. The fraction of sp³-hybridized carbons (Fsp3) is 0.0870. The molecule has 1 N–H and O–H groups in total. The molecule has 0 fully saturated rings. The Morgan fingerprint density at radius 3 is 1.97 bits per heavy atom. The van der Waals surface area contributed by atoms with E-state index in [2.05, 4.69) is 58.4 Å². The molecule has 8 heteroatoms. The summed E-state index contributed by atoms with van der Waals surface area (Å²) in [5.74, 6) is 0.844. The van der Waals surface area contributed by atoms with Gasteiger partial charge in [-0.15, -0.1) is 0 Å². The first-order valence-electron chi connectivity index (χ1n) is 9.54. The zero-order valence-electron chi connectivity index (χ0n) is 17.0. The summed E-state index contributed by atoms with van der Waals surface area (Å²) in [4.78, 5) is 5.64. The summed E-state index contributed by atoms with van der Waals surface area (Å²) in [7, 11) is -1.92. The monoisotopic (exact) mass is 428 g/mol. The van der Waals surface area contributed by atoms with Crippen LogP contribution in [0.2, 0.25) is 0 Å². The van der Waals surface area contributed by atoms with Gasteiger partial charge in [-0.2, -0.15) is 0 Å². The van der Waals surface area contributed by atoms with Crippen molar-refractivity contribution in [2.75, 3.05) is 19.0 Å². The molecule has 0 amide bonds. The molecule has 0 atom stereocenters. The average molecular weight is 428 g/mol. The van der Waals surface area contributed by atoms with Crippen molar-refractivity contribution in [2.24, 2.45) is 0 Å². The molecular weight excluding hydrogens is 407 g/mol. The average Bonchev–Trinajstić information content (AvgIpc) is 2.73. The SMILES string of the molecule is CN(C)c1ccc([NH+]=c2cc(-c3ccccc3)oc3ccccc23)cc1.F[B-](F)(F)F. The molecule has 0 radical (unpaired) electrons. The summed E-state index contributed by atoms with van der Waals surface area (Å²) < 4.78 is 45.1. The molecule has 31 heavy (non-hydrogen) atoms. The van der Waals surface area contributed by atoms with E-state index < -0.39 is 7.25 Å². The Morgan fingerprint density at radius 1 is 0.774 bits per heavy atom. The lowest BCUT2D eigenvalue weighted by Crippen LogP contribution is -2.70. The Labute approximate surface area is 177 Å². The Morgan fingerprint density at radius 2 is 1.35 bits per heavy atom. The molecule has 0 spiro atoms. The highest BCUT2D eigenvalue weighted by atomic mass is 19.5. The van der Waals surface area contributed by atoms with Crippen molar-refractivity contribution >= 4 is 29.6 Å². The highest BCUT2D eigenvalue weighted by Crippen LogP contribution is 2.21. The number of anilines is 1. The van der Waals surface area contributed by atoms with Gasteiger partial charge in [0, 0.05) is 37.5 Å². The summed E-state index contributed by atoms with van der Waals surface area (Å²) in [6.07, 6.45) is 0. The van der Waals surface area contributed by atoms with E-state index >= 15 is 0 Å². The molecule has 1 aromatic heterocycles. The normalized spacial score (nSPS) is 11.7. The molecule has 3 nitrogen and oxygen atoms in total. The summed E-state index contributed by atoms with van der Waals surface area (Å²) in [5, 5.41) is 2.09. The fourth-order valence-corrected chi connectivity index (χ4v) is 2.98. The highest BCUT2D eigenvalue weighted by molar-refractivity contribution is 6.50. The zero-order valence-corrected chi connectivity index (χ0v) is 17.0. The standard InChI is InChI=1S/C23H20N2O.BF4/c1-25(2)19-14-12-18(13-15-19)24-21-16-23(17-8-4-3-5-9-17)26-22-11-7-6-10-20(21)22;2-1(3,4)5/h3-16H,1-2H3;/q;-1/p+1. The minimum Gasteiger partial charge on any atom is -0.456 e. The van der Waals surface area contributed by atoms with Crippen LogP contribution in [0, 0.1) is 0 Å². The summed E-state index contributed by atoms with van der Waals surface area (Å²) >= 11 is 0. The summed E-state index contributed by atoms with van der Waals surface area (Å²) in [5.41, 5.74) is 4.14. The van der Waals surface area contributed by atoms with Crippen molar-refractivity contribution < 1.29 is 26.7 Å². The van der Waals surface area contributed by atoms with Gasteiger partial charge in [0.1, 0.15) is 11.3 Å². The van der Waals surface area contributed by atoms with Crippen molar-refractivity contribution in [3.63, 3.8) is 0 Å². The topological polar surface area (TPSA) is 30.4 Å². The van der Waals surface area contributed by atoms with Crippen molar-refractivity contribution in [3.05, 3.63) is 90.3 Å². The maximum atomic E-state index is 9.75. The molecule has 0 aliphatic rings. The van der Waals surface area contributed by atoms with E-state index in [0.29, 0.717) is 0 Å². The van der Waals surface area contributed by atoms with Gasteiger partial charge in [-0.05, 0) is 24.3 Å². The molecule has 4 aromatic rings. The summed E-state index contributed by atoms with van der Waals surface area (Å²) in [6, 6.07) is 28.7. The lowest BCUT2D eigenvalue weighted by Gasteiger charge is -2.10. The molecule has 0 aliphatic carbocycles. The Kier molecular flexibility index (Phi) is 6.79. The van der Waals surface area contributed by atoms with Crippen molar-refractivity contribution in [1.82, 2.24) is 0 Å². The number of nitrogens with one attached hydrogen (secondary N) is 1. The van der Waals surface area contributed by atoms with Crippen LogP contribution in [0.4, 0.5) is 28.6 Å². The van der Waals surface area contributed by atoms with Gasteiger partial charge >= 0.3 is 7.25 Å². The van der Waals surface area contributed by atoms with Crippen molar-refractivity contribution in [1.29, 1.82) is 0 Å². The van der Waals surface area contributed by atoms with E-state index in [0.717, 1.165) is 33.3 Å². The fourth-order valence-electron chi connectivity index (χ4n) is 2.98. The van der Waals surface area contributed by atoms with Gasteiger partial charge in [0.15, 0.2) is 0 Å². The van der Waals surface area contributed by atoms with Gasteiger partial charge in [0.05, 0.1) is 11.5 Å². The second-order valence-corrected chi connectivity index (χ2v) is 6.95. The van der Waals surface area contributed by atoms with Crippen LogP contribution >= 0.6 is 0 Å². The first kappa shape index (κ1) is 22.1. The number of halogens is 4. The molecule has 0 bridgehead atoms. The minimum atomic E-state index is -6.00. The predicted octanol–water partition coefficient (Wildman–Crippen LogP) is 4.78. The highest BCUT2D eigenvalue weighted by Gasteiger charge is 2.20. The number of benzene rings is 3. The molecule has 160 valence electrons. The van der Waals surface area contributed by atoms with Crippen LogP contribution in [-0.2, 0) is 0 Å². The smallest absolute Gasteiger partial charge is 0.456 e. The number of rotatable bonds is 3. The lowest BCUT2D eigenvalue weighted by atomic mass is 10.1. The first-order valence-corrected chi connectivity index (χ1v) is 9.54. The van der Waals surface area contributed by atoms with Crippen LogP contribution in [-0.4, -0.2) is 21.3 Å². The number of para-hydroxylation sites is 1. The van der Waals surface area contributed by atoms with E-state index in [-0.39, 0.29) is 0 Å². The van der Waals surface area contributed by atoms with Gasteiger partial charge in [0.25, 0.3) is 0 Å². The quantitative estimate of drug-likeness (QED) is 0.376. The Bertz CT molecular complexity index is 1200. The molecule has 4 rings (SSSR count). The van der Waals surface area contributed by atoms with Crippen LogP contribution in [0.5, 0.6) is 0 Å². The third-order valence-electron chi connectivity index (χ3n) is 4.39. The third-order valence-corrected chi connectivity index (χ3v) is 4.39. The molecule has 3 aromatic carbocycles. The Hall–Kier alpha value is -3.55. The van der Waals surface area contributed by atoms with Crippen LogP contribution in [0.3, 0.4) is 0 Å². The van der Waals surface area contributed by atoms with Crippen LogP contribution in [0.15, 0.2) is 89.3 Å². The van der Waals surface area contributed by atoms with Gasteiger partial charge in [-0.25, -0.2) is 4.99 Å². The van der Waals surface area contributed by atoms with Gasteiger partial charge in [0.2, 0.25) is 11.0 Å². The molecule has 1 heterocycles. The van der Waals surface area contributed by atoms with Crippen LogP contribution in [0.25, 0.3) is 22.3 Å². The van der Waals surface area contributed by atoms with Crippen LogP contribution < -0.4 is 15.2 Å². The zero-order chi connectivity index (χ0) is 22.4. The van der Waals surface area contributed by atoms with Gasteiger partial charge in [-0.1, -0.05) is 42.5 Å². The van der Waals surface area contributed by atoms with Gasteiger partial charge < -0.3 is 26.6 Å². The summed E-state index contributed by atoms with van der Waals surface area (Å²) in [6.45, 7) is 0. The lowest BCUT2D eigenvalue weighted by molar-refractivity contribution is -0.400. The van der Waals surface area contributed by atoms with E-state index in [9.17, 15) is 17.3 Å². The van der Waals surface area contributed by atoms with Crippen molar-refractivity contribution in [3.8, 4) is 11.3 Å².